The van der Waals surface area contributed by atoms with Crippen LogP contribution in [0.5, 0.6) is 11.5 Å². The van der Waals surface area contributed by atoms with E-state index in [4.69, 9.17) is 4.74 Å². The molecule has 0 saturated heterocycles. The molecule has 0 aliphatic heterocycles. The molecular weight excluding hydrogens is 332 g/mol. The van der Waals surface area contributed by atoms with Gasteiger partial charge in [-0.3, -0.25) is 9.52 Å². The zero-order valence-corrected chi connectivity index (χ0v) is 14.1. The molecule has 2 rings (SSSR count). The molecule has 8 heteroatoms. The van der Waals surface area contributed by atoms with E-state index >= 15 is 0 Å². The van der Waals surface area contributed by atoms with Gasteiger partial charge in [-0.15, -0.1) is 0 Å². The van der Waals surface area contributed by atoms with Crippen molar-refractivity contribution >= 4 is 21.6 Å². The maximum atomic E-state index is 12.1. The molecule has 0 aliphatic carbocycles. The summed E-state index contributed by atoms with van der Waals surface area (Å²) in [6, 6.07) is 11.1. The molecule has 0 fully saturated rings. The van der Waals surface area contributed by atoms with Gasteiger partial charge < -0.3 is 15.2 Å². The van der Waals surface area contributed by atoms with Crippen molar-refractivity contribution in [3.8, 4) is 11.5 Å². The van der Waals surface area contributed by atoms with Crippen LogP contribution in [0.1, 0.15) is 15.9 Å². The highest BCUT2D eigenvalue weighted by Gasteiger charge is 2.12. The Morgan fingerprint density at radius 1 is 1.21 bits per heavy atom. The Morgan fingerprint density at radius 2 is 1.96 bits per heavy atom. The summed E-state index contributed by atoms with van der Waals surface area (Å²) in [4.78, 5) is 12.1. The second-order valence-electron chi connectivity index (χ2n) is 5.14. The number of aromatic hydroxyl groups is 1. The molecule has 0 heterocycles. The molecule has 0 saturated carbocycles. The first-order chi connectivity index (χ1) is 11.3. The normalized spacial score (nSPS) is 10.9. The fraction of sp³-hybridized carbons (Fsp3) is 0.188. The Hall–Kier alpha value is -2.74. The minimum Gasteiger partial charge on any atom is -0.507 e. The molecule has 1 amide bonds. The largest absolute Gasteiger partial charge is 0.507 e. The molecule has 3 N–H and O–H groups in total. The van der Waals surface area contributed by atoms with Gasteiger partial charge in [0.2, 0.25) is 10.0 Å². The maximum Gasteiger partial charge on any atom is 0.255 e. The number of sulfonamides is 1. The average molecular weight is 350 g/mol. The molecule has 0 aromatic heterocycles. The summed E-state index contributed by atoms with van der Waals surface area (Å²) >= 11 is 0. The number of hydrogen-bond acceptors (Lipinski definition) is 5. The predicted molar refractivity (Wildman–Crippen MR) is 90.7 cm³/mol. The van der Waals surface area contributed by atoms with Crippen LogP contribution in [0, 0.1) is 0 Å². The predicted octanol–water partition coefficient (Wildman–Crippen LogP) is 1.70. The van der Waals surface area contributed by atoms with E-state index < -0.39 is 15.9 Å². The number of amides is 1. The first-order valence-corrected chi connectivity index (χ1v) is 8.89. The third-order valence-electron chi connectivity index (χ3n) is 3.13. The van der Waals surface area contributed by atoms with Crippen LogP contribution in [-0.2, 0) is 16.6 Å². The lowest BCUT2D eigenvalue weighted by Gasteiger charge is -2.10. The third-order valence-corrected chi connectivity index (χ3v) is 3.74. The molecule has 2 aromatic rings. The van der Waals surface area contributed by atoms with E-state index in [2.05, 4.69) is 10.0 Å². The van der Waals surface area contributed by atoms with Crippen molar-refractivity contribution in [1.82, 2.24) is 5.32 Å². The molecule has 2 aromatic carbocycles. The number of anilines is 1. The van der Waals surface area contributed by atoms with Crippen molar-refractivity contribution in [3.63, 3.8) is 0 Å². The number of hydrogen-bond donors (Lipinski definition) is 3. The smallest absolute Gasteiger partial charge is 0.255 e. The molecule has 7 nitrogen and oxygen atoms in total. The number of rotatable bonds is 6. The van der Waals surface area contributed by atoms with Gasteiger partial charge in [0.05, 0.1) is 18.9 Å². The standard InChI is InChI=1S/C16H18N2O5S/c1-23-13-6-7-14(15(19)9-13)16(20)17-10-11-4-3-5-12(8-11)18-24(2,21)22/h3-9,18-19H,10H2,1-2H3,(H,17,20). The molecule has 0 unspecified atom stereocenters. The van der Waals surface area contributed by atoms with E-state index in [0.29, 0.717) is 17.0 Å². The van der Waals surface area contributed by atoms with Crippen LogP contribution in [0.4, 0.5) is 5.69 Å². The van der Waals surface area contributed by atoms with Crippen LogP contribution in [0.25, 0.3) is 0 Å². The van der Waals surface area contributed by atoms with Crippen LogP contribution >= 0.6 is 0 Å². The summed E-state index contributed by atoms with van der Waals surface area (Å²) in [5.41, 5.74) is 1.25. The number of benzene rings is 2. The number of phenols is 1. The summed E-state index contributed by atoms with van der Waals surface area (Å²) in [5.74, 6) is -0.181. The molecule has 0 atom stereocenters. The van der Waals surface area contributed by atoms with Gasteiger partial charge in [-0.25, -0.2) is 8.42 Å². The van der Waals surface area contributed by atoms with Crippen molar-refractivity contribution in [2.45, 2.75) is 6.54 Å². The van der Waals surface area contributed by atoms with E-state index in [0.717, 1.165) is 6.26 Å². The van der Waals surface area contributed by atoms with Crippen molar-refractivity contribution in [2.75, 3.05) is 18.1 Å². The van der Waals surface area contributed by atoms with Gasteiger partial charge in [0.25, 0.3) is 5.91 Å². The molecule has 128 valence electrons. The molecule has 0 spiro atoms. The molecular formula is C16H18N2O5S. The second kappa shape index (κ2) is 7.22. The first-order valence-electron chi connectivity index (χ1n) is 7.00. The number of ether oxygens (including phenoxy) is 1. The van der Waals surface area contributed by atoms with Gasteiger partial charge in [-0.05, 0) is 29.8 Å². The van der Waals surface area contributed by atoms with Crippen molar-refractivity contribution < 1.29 is 23.1 Å². The fourth-order valence-electron chi connectivity index (χ4n) is 2.07. The second-order valence-corrected chi connectivity index (χ2v) is 6.89. The summed E-state index contributed by atoms with van der Waals surface area (Å²) in [6.45, 7) is 0.184. The van der Waals surface area contributed by atoms with E-state index in [1.165, 1.54) is 19.2 Å². The molecule has 0 bridgehead atoms. The Labute approximate surface area is 140 Å². The summed E-state index contributed by atoms with van der Waals surface area (Å²) in [6.07, 6.45) is 1.06. The van der Waals surface area contributed by atoms with Crippen LogP contribution in [0.3, 0.4) is 0 Å². The summed E-state index contributed by atoms with van der Waals surface area (Å²) in [5, 5.41) is 12.5. The van der Waals surface area contributed by atoms with Crippen LogP contribution in [0.15, 0.2) is 42.5 Å². The number of nitrogens with one attached hydrogen (secondary N) is 2. The number of phenolic OH excluding ortho intramolecular Hbond substituents is 1. The number of carbonyl (C=O) groups is 1. The Balaban J connectivity index is 2.05. The van der Waals surface area contributed by atoms with E-state index in [1.54, 1.807) is 30.3 Å². The molecule has 0 aliphatic rings. The number of carbonyl (C=O) groups excluding carboxylic acids is 1. The minimum atomic E-state index is -3.36. The first kappa shape index (κ1) is 17.6. The van der Waals surface area contributed by atoms with E-state index in [-0.39, 0.29) is 17.9 Å². The molecule has 0 radical (unpaired) electrons. The Bertz CT molecular complexity index is 849. The minimum absolute atomic E-state index is 0.126. The third kappa shape index (κ3) is 4.88. The highest BCUT2D eigenvalue weighted by molar-refractivity contribution is 7.92. The van der Waals surface area contributed by atoms with Crippen LogP contribution in [0.2, 0.25) is 0 Å². The Morgan fingerprint density at radius 3 is 2.58 bits per heavy atom. The van der Waals surface area contributed by atoms with Gasteiger partial charge in [-0.2, -0.15) is 0 Å². The lowest BCUT2D eigenvalue weighted by Crippen LogP contribution is -2.23. The average Bonchev–Trinajstić information content (AvgIpc) is 2.51. The summed E-state index contributed by atoms with van der Waals surface area (Å²) < 4.78 is 29.8. The zero-order valence-electron chi connectivity index (χ0n) is 13.2. The highest BCUT2D eigenvalue weighted by Crippen LogP contribution is 2.23. The highest BCUT2D eigenvalue weighted by atomic mass is 32.2. The van der Waals surface area contributed by atoms with Gasteiger partial charge in [0, 0.05) is 18.3 Å². The van der Waals surface area contributed by atoms with Crippen molar-refractivity contribution in [1.29, 1.82) is 0 Å². The van der Waals surface area contributed by atoms with Gasteiger partial charge >= 0.3 is 0 Å². The topological polar surface area (TPSA) is 105 Å². The SMILES string of the molecule is COc1ccc(C(=O)NCc2cccc(NS(C)(=O)=O)c2)c(O)c1. The van der Waals surface area contributed by atoms with Crippen LogP contribution in [-0.4, -0.2) is 32.8 Å². The van der Waals surface area contributed by atoms with Gasteiger partial charge in [0.15, 0.2) is 0 Å². The fourth-order valence-corrected chi connectivity index (χ4v) is 2.62. The lowest BCUT2D eigenvalue weighted by atomic mass is 10.1. The maximum absolute atomic E-state index is 12.1. The van der Waals surface area contributed by atoms with E-state index in [9.17, 15) is 18.3 Å². The summed E-state index contributed by atoms with van der Waals surface area (Å²) in [7, 11) is -1.90. The monoisotopic (exact) mass is 350 g/mol. The van der Waals surface area contributed by atoms with Crippen LogP contribution < -0.4 is 14.8 Å². The van der Waals surface area contributed by atoms with Crippen molar-refractivity contribution in [2.24, 2.45) is 0 Å². The van der Waals surface area contributed by atoms with Gasteiger partial charge in [0.1, 0.15) is 11.5 Å². The van der Waals surface area contributed by atoms with Crippen molar-refractivity contribution in [3.05, 3.63) is 53.6 Å². The van der Waals surface area contributed by atoms with E-state index in [1.807, 2.05) is 0 Å². The van der Waals surface area contributed by atoms with Gasteiger partial charge in [-0.1, -0.05) is 12.1 Å². The lowest BCUT2D eigenvalue weighted by molar-refractivity contribution is 0.0948. The zero-order chi connectivity index (χ0) is 17.7. The Kier molecular flexibility index (Phi) is 5.30. The number of methoxy groups -OCH3 is 1. The molecule has 24 heavy (non-hydrogen) atoms. The quantitative estimate of drug-likeness (QED) is 0.735.